The molecule has 0 radical (unpaired) electrons. The van der Waals surface area contributed by atoms with Gasteiger partial charge in [0.05, 0.1) is 10.7 Å². The first-order valence-electron chi connectivity index (χ1n) is 5.94. The van der Waals surface area contributed by atoms with Gasteiger partial charge in [-0.2, -0.15) is 0 Å². The molecule has 1 heterocycles. The summed E-state index contributed by atoms with van der Waals surface area (Å²) in [4.78, 5) is 0. The maximum atomic E-state index is 9.96. The van der Waals surface area contributed by atoms with Gasteiger partial charge in [-0.1, -0.05) is 11.6 Å². The highest BCUT2D eigenvalue weighted by Crippen LogP contribution is 2.38. The summed E-state index contributed by atoms with van der Waals surface area (Å²) in [5.74, 6) is 1.38. The molecule has 6 heteroatoms. The number of halogens is 2. The fraction of sp³-hybridized carbons (Fsp3) is 0.143. The third kappa shape index (κ3) is 2.73. The van der Waals surface area contributed by atoms with E-state index in [4.69, 9.17) is 21.1 Å². The third-order valence-electron chi connectivity index (χ3n) is 2.97. The molecule has 104 valence electrons. The summed E-state index contributed by atoms with van der Waals surface area (Å²) in [6.07, 6.45) is 0. The van der Waals surface area contributed by atoms with Gasteiger partial charge in [-0.3, -0.25) is 0 Å². The molecule has 0 amide bonds. The Morgan fingerprint density at radius 2 is 1.95 bits per heavy atom. The molecular formula is C14H11ClINO3. The molecule has 3 rings (SSSR count). The van der Waals surface area contributed by atoms with Crippen LogP contribution < -0.4 is 14.8 Å². The highest BCUT2D eigenvalue weighted by Gasteiger charge is 2.16. The molecule has 1 aliphatic rings. The van der Waals surface area contributed by atoms with Gasteiger partial charge >= 0.3 is 0 Å². The number of ether oxygens (including phenoxy) is 2. The van der Waals surface area contributed by atoms with Crippen molar-refractivity contribution in [1.82, 2.24) is 0 Å². The van der Waals surface area contributed by atoms with Crippen LogP contribution in [0.5, 0.6) is 17.2 Å². The summed E-state index contributed by atoms with van der Waals surface area (Å²) < 4.78 is 11.6. The zero-order valence-electron chi connectivity index (χ0n) is 10.3. The van der Waals surface area contributed by atoms with Crippen molar-refractivity contribution in [3.63, 3.8) is 0 Å². The zero-order chi connectivity index (χ0) is 14.1. The van der Waals surface area contributed by atoms with Crippen LogP contribution in [0.25, 0.3) is 0 Å². The smallest absolute Gasteiger partial charge is 0.231 e. The number of hydrogen-bond acceptors (Lipinski definition) is 4. The normalized spacial score (nSPS) is 12.5. The number of rotatable bonds is 3. The van der Waals surface area contributed by atoms with Gasteiger partial charge < -0.3 is 19.9 Å². The molecular weight excluding hydrogens is 393 g/mol. The molecule has 0 aromatic heterocycles. The summed E-state index contributed by atoms with van der Waals surface area (Å²) in [5, 5.41) is 13.8. The SMILES string of the molecule is Oc1cc2c(cc1CNc1ccc(I)cc1Cl)OCO2. The summed E-state index contributed by atoms with van der Waals surface area (Å²) in [6.45, 7) is 0.636. The molecule has 0 fully saturated rings. The molecule has 2 aromatic carbocycles. The van der Waals surface area contributed by atoms with Gasteiger partial charge in [0.15, 0.2) is 11.5 Å². The molecule has 0 saturated heterocycles. The van der Waals surface area contributed by atoms with Crippen LogP contribution in [-0.4, -0.2) is 11.9 Å². The first-order valence-corrected chi connectivity index (χ1v) is 7.39. The minimum atomic E-state index is 0.170. The molecule has 0 aliphatic carbocycles. The van der Waals surface area contributed by atoms with Crippen LogP contribution in [-0.2, 0) is 6.54 Å². The molecule has 0 spiro atoms. The van der Waals surface area contributed by atoms with Crippen LogP contribution >= 0.6 is 34.2 Å². The minimum Gasteiger partial charge on any atom is -0.507 e. The molecule has 0 bridgehead atoms. The van der Waals surface area contributed by atoms with E-state index in [1.165, 1.54) is 0 Å². The Hall–Kier alpha value is -1.34. The van der Waals surface area contributed by atoms with E-state index in [0.29, 0.717) is 23.1 Å². The lowest BCUT2D eigenvalue weighted by atomic mass is 10.1. The predicted molar refractivity (Wildman–Crippen MR) is 85.7 cm³/mol. The largest absolute Gasteiger partial charge is 0.507 e. The van der Waals surface area contributed by atoms with Gasteiger partial charge in [0.25, 0.3) is 0 Å². The molecule has 4 nitrogen and oxygen atoms in total. The molecule has 20 heavy (non-hydrogen) atoms. The molecule has 0 saturated carbocycles. The third-order valence-corrected chi connectivity index (χ3v) is 3.96. The minimum absolute atomic E-state index is 0.170. The lowest BCUT2D eigenvalue weighted by molar-refractivity contribution is 0.174. The summed E-state index contributed by atoms with van der Waals surface area (Å²) in [7, 11) is 0. The average molecular weight is 404 g/mol. The molecule has 1 aliphatic heterocycles. The van der Waals surface area contributed by atoms with E-state index < -0.39 is 0 Å². The maximum absolute atomic E-state index is 9.96. The van der Waals surface area contributed by atoms with Gasteiger partial charge in [0.1, 0.15) is 5.75 Å². The fourth-order valence-electron chi connectivity index (χ4n) is 1.94. The number of hydrogen-bond donors (Lipinski definition) is 2. The van der Waals surface area contributed by atoms with Crippen LogP contribution in [0.1, 0.15) is 5.56 Å². The van der Waals surface area contributed by atoms with Gasteiger partial charge in [0.2, 0.25) is 6.79 Å². The van der Waals surface area contributed by atoms with E-state index in [0.717, 1.165) is 14.8 Å². The van der Waals surface area contributed by atoms with Crippen molar-refractivity contribution in [3.05, 3.63) is 44.5 Å². The molecule has 2 N–H and O–H groups in total. The molecule has 0 unspecified atom stereocenters. The highest BCUT2D eigenvalue weighted by atomic mass is 127. The lowest BCUT2D eigenvalue weighted by Crippen LogP contribution is -2.00. The van der Waals surface area contributed by atoms with Crippen molar-refractivity contribution in [2.75, 3.05) is 12.1 Å². The van der Waals surface area contributed by atoms with Crippen LogP contribution in [0.3, 0.4) is 0 Å². The Morgan fingerprint density at radius 1 is 1.20 bits per heavy atom. The van der Waals surface area contributed by atoms with Crippen LogP contribution in [0.2, 0.25) is 5.02 Å². The van der Waals surface area contributed by atoms with Crippen molar-refractivity contribution < 1.29 is 14.6 Å². The quantitative estimate of drug-likeness (QED) is 0.761. The highest BCUT2D eigenvalue weighted by molar-refractivity contribution is 14.1. The van der Waals surface area contributed by atoms with Gasteiger partial charge in [0, 0.05) is 21.7 Å². The number of phenolic OH excluding ortho intramolecular Hbond substituents is 1. The van der Waals surface area contributed by atoms with Crippen molar-refractivity contribution in [3.8, 4) is 17.2 Å². The first-order chi connectivity index (χ1) is 9.63. The number of benzene rings is 2. The second kappa shape index (κ2) is 5.57. The van der Waals surface area contributed by atoms with Crippen molar-refractivity contribution in [2.45, 2.75) is 6.54 Å². The average Bonchev–Trinajstić information content (AvgIpc) is 2.84. The number of anilines is 1. The van der Waals surface area contributed by atoms with Gasteiger partial charge in [-0.05, 0) is 46.9 Å². The van der Waals surface area contributed by atoms with E-state index in [2.05, 4.69) is 27.9 Å². The predicted octanol–water partition coefficient (Wildman–Crippen LogP) is 3.99. The van der Waals surface area contributed by atoms with Crippen molar-refractivity contribution in [2.24, 2.45) is 0 Å². The van der Waals surface area contributed by atoms with Crippen LogP contribution in [0.4, 0.5) is 5.69 Å². The zero-order valence-corrected chi connectivity index (χ0v) is 13.2. The molecule has 0 atom stereocenters. The maximum Gasteiger partial charge on any atom is 0.231 e. The monoisotopic (exact) mass is 403 g/mol. The van der Waals surface area contributed by atoms with Gasteiger partial charge in [-0.15, -0.1) is 0 Å². The standard InChI is InChI=1S/C14H11ClINO3/c15-10-4-9(16)1-2-11(10)17-6-8-3-13-14(5-12(8)18)20-7-19-13/h1-5,17-18H,6-7H2. The Kier molecular flexibility index (Phi) is 3.80. The summed E-state index contributed by atoms with van der Waals surface area (Å²) in [6, 6.07) is 9.09. The Balaban J connectivity index is 1.78. The first kappa shape index (κ1) is 13.6. The van der Waals surface area contributed by atoms with Crippen molar-refractivity contribution in [1.29, 1.82) is 0 Å². The number of phenols is 1. The summed E-state index contributed by atoms with van der Waals surface area (Å²) >= 11 is 8.36. The second-order valence-corrected chi connectivity index (χ2v) is 5.96. The van der Waals surface area contributed by atoms with Crippen molar-refractivity contribution >= 4 is 39.9 Å². The number of fused-ring (bicyclic) bond motifs is 1. The van der Waals surface area contributed by atoms with Crippen LogP contribution in [0, 0.1) is 3.57 Å². The van der Waals surface area contributed by atoms with E-state index >= 15 is 0 Å². The van der Waals surface area contributed by atoms with E-state index in [1.54, 1.807) is 12.1 Å². The summed E-state index contributed by atoms with van der Waals surface area (Å²) in [5.41, 5.74) is 1.55. The van der Waals surface area contributed by atoms with Crippen LogP contribution in [0.15, 0.2) is 30.3 Å². The second-order valence-electron chi connectivity index (χ2n) is 4.31. The fourth-order valence-corrected chi connectivity index (χ4v) is 2.86. The van der Waals surface area contributed by atoms with E-state index in [-0.39, 0.29) is 12.5 Å². The lowest BCUT2D eigenvalue weighted by Gasteiger charge is -2.10. The van der Waals surface area contributed by atoms with E-state index in [1.807, 2.05) is 18.2 Å². The number of aromatic hydroxyl groups is 1. The number of nitrogens with one attached hydrogen (secondary N) is 1. The Labute approximate surface area is 134 Å². The van der Waals surface area contributed by atoms with E-state index in [9.17, 15) is 5.11 Å². The molecule has 2 aromatic rings. The Morgan fingerprint density at radius 3 is 2.70 bits per heavy atom. The topological polar surface area (TPSA) is 50.7 Å². The Bertz CT molecular complexity index is 663. The van der Waals surface area contributed by atoms with Gasteiger partial charge in [-0.25, -0.2) is 0 Å².